The van der Waals surface area contributed by atoms with E-state index in [1.165, 1.54) is 10.5 Å². The quantitative estimate of drug-likeness (QED) is 0.802. The Labute approximate surface area is 128 Å². The maximum Gasteiger partial charge on any atom is 0.229 e. The van der Waals surface area contributed by atoms with Crippen molar-refractivity contribution in [2.24, 2.45) is 0 Å². The fourth-order valence-corrected chi connectivity index (χ4v) is 3.20. The van der Waals surface area contributed by atoms with Crippen molar-refractivity contribution < 1.29 is 9.32 Å². The lowest BCUT2D eigenvalue weighted by Gasteiger charge is -2.16. The van der Waals surface area contributed by atoms with Crippen LogP contribution >= 0.6 is 11.8 Å². The summed E-state index contributed by atoms with van der Waals surface area (Å²) < 4.78 is 5.36. The topological polar surface area (TPSA) is 56.0 Å². The second-order valence-electron chi connectivity index (χ2n) is 5.46. The van der Waals surface area contributed by atoms with E-state index >= 15 is 0 Å². The van der Waals surface area contributed by atoms with Gasteiger partial charge in [-0.2, -0.15) is 4.98 Å². The van der Waals surface area contributed by atoms with Crippen LogP contribution in [0.4, 0.5) is 0 Å². The molecule has 0 N–H and O–H groups in total. The number of rotatable bonds is 4. The average Bonchev–Trinajstić information content (AvgIpc) is 2.96. The second-order valence-corrected chi connectivity index (χ2v) is 6.51. The lowest BCUT2D eigenvalue weighted by atomic mass is 9.88. The van der Waals surface area contributed by atoms with Crippen LogP contribution in [0.25, 0.3) is 0 Å². The first-order valence-electron chi connectivity index (χ1n) is 7.24. The van der Waals surface area contributed by atoms with Crippen molar-refractivity contribution in [3.05, 3.63) is 41.5 Å². The van der Waals surface area contributed by atoms with E-state index < -0.39 is 0 Å². The van der Waals surface area contributed by atoms with Crippen LogP contribution < -0.4 is 0 Å². The number of ketones is 1. The molecule has 1 aromatic carbocycles. The van der Waals surface area contributed by atoms with Gasteiger partial charge in [0.15, 0.2) is 5.82 Å². The van der Waals surface area contributed by atoms with Gasteiger partial charge in [-0.3, -0.25) is 4.79 Å². The molecule has 1 heterocycles. The molecule has 1 aliphatic carbocycles. The van der Waals surface area contributed by atoms with Crippen LogP contribution in [0.5, 0.6) is 0 Å². The van der Waals surface area contributed by atoms with Crippen molar-refractivity contribution in [3.8, 4) is 0 Å². The Morgan fingerprint density at radius 2 is 1.95 bits per heavy atom. The zero-order valence-electron chi connectivity index (χ0n) is 12.0. The van der Waals surface area contributed by atoms with Crippen LogP contribution in [-0.4, -0.2) is 15.9 Å². The molecule has 0 unspecified atom stereocenters. The first kappa shape index (κ1) is 14.3. The third kappa shape index (κ3) is 3.73. The zero-order chi connectivity index (χ0) is 14.7. The Morgan fingerprint density at radius 3 is 2.67 bits per heavy atom. The monoisotopic (exact) mass is 302 g/mol. The highest BCUT2D eigenvalue weighted by molar-refractivity contribution is 7.98. The van der Waals surface area contributed by atoms with E-state index in [9.17, 15) is 4.79 Å². The van der Waals surface area contributed by atoms with Crippen molar-refractivity contribution in [2.45, 2.75) is 49.2 Å². The summed E-state index contributed by atoms with van der Waals surface area (Å²) in [5.41, 5.74) is 1.26. The number of thioether (sulfide) groups is 1. The largest absolute Gasteiger partial charge is 0.339 e. The van der Waals surface area contributed by atoms with Gasteiger partial charge in [-0.25, -0.2) is 0 Å². The summed E-state index contributed by atoms with van der Waals surface area (Å²) in [7, 11) is 0. The van der Waals surface area contributed by atoms with Gasteiger partial charge in [0.05, 0.1) is 5.75 Å². The summed E-state index contributed by atoms with van der Waals surface area (Å²) >= 11 is 1.70. The van der Waals surface area contributed by atoms with Gasteiger partial charge in [0.25, 0.3) is 0 Å². The minimum Gasteiger partial charge on any atom is -0.339 e. The highest BCUT2D eigenvalue weighted by atomic mass is 32.2. The third-order valence-corrected chi connectivity index (χ3v) is 4.77. The molecule has 0 spiro atoms. The van der Waals surface area contributed by atoms with E-state index in [-0.39, 0.29) is 5.92 Å². The van der Waals surface area contributed by atoms with E-state index in [4.69, 9.17) is 4.52 Å². The van der Waals surface area contributed by atoms with Crippen molar-refractivity contribution in [1.29, 1.82) is 0 Å². The predicted octanol–water partition coefficient (Wildman–Crippen LogP) is 3.90. The van der Waals surface area contributed by atoms with Gasteiger partial charge in [0.2, 0.25) is 5.89 Å². The minimum absolute atomic E-state index is 0.258. The normalized spacial score (nSPS) is 16.3. The van der Waals surface area contributed by atoms with E-state index in [1.54, 1.807) is 11.8 Å². The molecule has 2 aromatic rings. The van der Waals surface area contributed by atoms with Gasteiger partial charge in [0, 0.05) is 23.7 Å². The van der Waals surface area contributed by atoms with Crippen LogP contribution in [0.2, 0.25) is 0 Å². The number of benzene rings is 1. The molecule has 0 aliphatic heterocycles. The first-order chi connectivity index (χ1) is 10.2. The van der Waals surface area contributed by atoms with Crippen molar-refractivity contribution in [1.82, 2.24) is 10.1 Å². The molecule has 5 heteroatoms. The van der Waals surface area contributed by atoms with Gasteiger partial charge in [-0.05, 0) is 31.9 Å². The van der Waals surface area contributed by atoms with Gasteiger partial charge in [0.1, 0.15) is 5.78 Å². The number of hydrogen-bond acceptors (Lipinski definition) is 5. The fourth-order valence-electron chi connectivity index (χ4n) is 2.46. The number of carbonyl (C=O) groups is 1. The fraction of sp³-hybridized carbons (Fsp3) is 0.438. The number of aromatic nitrogens is 2. The van der Waals surface area contributed by atoms with Crippen molar-refractivity contribution in [2.75, 3.05) is 0 Å². The molecule has 0 saturated heterocycles. The summed E-state index contributed by atoms with van der Waals surface area (Å²) in [6.45, 7) is 2.08. The molecule has 1 saturated carbocycles. The third-order valence-electron chi connectivity index (χ3n) is 3.77. The van der Waals surface area contributed by atoms with Gasteiger partial charge in [-0.1, -0.05) is 22.9 Å². The van der Waals surface area contributed by atoms with E-state index in [0.29, 0.717) is 30.3 Å². The molecule has 1 fully saturated rings. The highest BCUT2D eigenvalue weighted by Gasteiger charge is 2.24. The van der Waals surface area contributed by atoms with Gasteiger partial charge >= 0.3 is 0 Å². The van der Waals surface area contributed by atoms with Crippen LogP contribution in [0.15, 0.2) is 33.7 Å². The molecule has 4 nitrogen and oxygen atoms in total. The molecular weight excluding hydrogens is 284 g/mol. The highest BCUT2D eigenvalue weighted by Crippen LogP contribution is 2.30. The number of aryl methyl sites for hydroxylation is 1. The maximum atomic E-state index is 11.3. The summed E-state index contributed by atoms with van der Waals surface area (Å²) in [4.78, 5) is 16.9. The maximum absolute atomic E-state index is 11.3. The molecule has 1 aromatic heterocycles. The summed E-state index contributed by atoms with van der Waals surface area (Å²) in [6.07, 6.45) is 2.96. The van der Waals surface area contributed by atoms with Crippen molar-refractivity contribution >= 4 is 17.5 Å². The smallest absolute Gasteiger partial charge is 0.229 e. The van der Waals surface area contributed by atoms with E-state index in [0.717, 1.165) is 18.7 Å². The molecule has 3 rings (SSSR count). The molecular formula is C16H18N2O2S. The Hall–Kier alpha value is -1.62. The SMILES string of the molecule is Cc1ccc(SCc2noc(C3CCC(=O)CC3)n2)cc1. The molecule has 0 atom stereocenters. The molecule has 110 valence electrons. The number of Topliss-reactive ketones (excluding diaryl/α,β-unsaturated/α-hetero) is 1. The number of nitrogens with zero attached hydrogens (tertiary/aromatic N) is 2. The number of carbonyl (C=O) groups excluding carboxylic acids is 1. The number of hydrogen-bond donors (Lipinski definition) is 0. The Bertz CT molecular complexity index is 611. The van der Waals surface area contributed by atoms with Gasteiger partial charge < -0.3 is 4.52 Å². The summed E-state index contributed by atoms with van der Waals surface area (Å²) in [6, 6.07) is 8.41. The Morgan fingerprint density at radius 1 is 1.24 bits per heavy atom. The van der Waals surface area contributed by atoms with Crippen molar-refractivity contribution in [3.63, 3.8) is 0 Å². The predicted molar refractivity (Wildman–Crippen MR) is 81.3 cm³/mol. The van der Waals surface area contributed by atoms with Crippen LogP contribution in [0.1, 0.15) is 48.9 Å². The molecule has 0 amide bonds. The summed E-state index contributed by atoms with van der Waals surface area (Å²) in [5.74, 6) is 2.74. The van der Waals surface area contributed by atoms with Crippen LogP contribution in [0, 0.1) is 6.92 Å². The van der Waals surface area contributed by atoms with E-state index in [2.05, 4.69) is 41.3 Å². The van der Waals surface area contributed by atoms with E-state index in [1.807, 2.05) is 0 Å². The molecule has 21 heavy (non-hydrogen) atoms. The van der Waals surface area contributed by atoms with Crippen LogP contribution in [-0.2, 0) is 10.5 Å². The minimum atomic E-state index is 0.258. The Kier molecular flexibility index (Phi) is 4.39. The molecule has 0 bridgehead atoms. The molecule has 1 aliphatic rings. The second kappa shape index (κ2) is 6.43. The zero-order valence-corrected chi connectivity index (χ0v) is 12.9. The lowest BCUT2D eigenvalue weighted by Crippen LogP contribution is -2.12. The lowest BCUT2D eigenvalue weighted by molar-refractivity contribution is -0.120. The summed E-state index contributed by atoms with van der Waals surface area (Å²) in [5, 5.41) is 4.05. The average molecular weight is 302 g/mol. The Balaban J connectivity index is 1.57. The van der Waals surface area contributed by atoms with Crippen LogP contribution in [0.3, 0.4) is 0 Å². The molecule has 0 radical (unpaired) electrons. The van der Waals surface area contributed by atoms with Gasteiger partial charge in [-0.15, -0.1) is 11.8 Å². The first-order valence-corrected chi connectivity index (χ1v) is 8.23. The standard InChI is InChI=1S/C16H18N2O2S/c1-11-2-8-14(9-3-11)21-10-15-17-16(20-18-15)12-4-6-13(19)7-5-12/h2-3,8-9,12H,4-7,10H2,1H3.